The van der Waals surface area contributed by atoms with Crippen LogP contribution < -0.4 is 0 Å². The van der Waals surface area contributed by atoms with Crippen molar-refractivity contribution >= 4 is 41.3 Å². The number of benzene rings is 2. The van der Waals surface area contributed by atoms with Crippen LogP contribution in [0.4, 0.5) is 4.79 Å². The first-order chi connectivity index (χ1) is 11.5. The van der Waals surface area contributed by atoms with Gasteiger partial charge in [-0.3, -0.25) is 0 Å². The highest BCUT2D eigenvalue weighted by Crippen LogP contribution is 2.13. The molecular formula is C15H8Cl2O7. The normalized spacial score (nSPS) is 9.75. The van der Waals surface area contributed by atoms with Gasteiger partial charge in [0.1, 0.15) is 0 Å². The van der Waals surface area contributed by atoms with E-state index in [2.05, 4.69) is 19.6 Å². The van der Waals surface area contributed by atoms with Crippen molar-refractivity contribution in [3.8, 4) is 0 Å². The molecule has 0 aliphatic carbocycles. The van der Waals surface area contributed by atoms with E-state index in [-0.39, 0.29) is 11.1 Å². The molecule has 0 unspecified atom stereocenters. The lowest BCUT2D eigenvalue weighted by Gasteiger charge is -2.04. The molecule has 9 heteroatoms. The fourth-order valence-electron chi connectivity index (χ4n) is 1.48. The molecule has 24 heavy (non-hydrogen) atoms. The van der Waals surface area contributed by atoms with Crippen molar-refractivity contribution in [2.75, 3.05) is 0 Å². The summed E-state index contributed by atoms with van der Waals surface area (Å²) in [5.74, 6) is -1.98. The van der Waals surface area contributed by atoms with E-state index in [9.17, 15) is 14.4 Å². The molecule has 0 amide bonds. The molecule has 124 valence electrons. The molecule has 7 nitrogen and oxygen atoms in total. The summed E-state index contributed by atoms with van der Waals surface area (Å²) in [5.41, 5.74) is 0.0949. The maximum Gasteiger partial charge on any atom is 0.592 e. The minimum Gasteiger partial charge on any atom is -0.242 e. The Kier molecular flexibility index (Phi) is 6.00. The van der Waals surface area contributed by atoms with E-state index in [1.165, 1.54) is 36.4 Å². The largest absolute Gasteiger partial charge is 0.592 e. The molecule has 0 spiro atoms. The third-order valence-electron chi connectivity index (χ3n) is 2.49. The third-order valence-corrected chi connectivity index (χ3v) is 2.96. The molecule has 0 saturated heterocycles. The standard InChI is InChI=1S/C15H8Cl2O7/c16-11-5-1-3-9(7-11)13(18)21-23-15(20)24-22-14(19)10-4-2-6-12(17)8-10/h1-8H. The van der Waals surface area contributed by atoms with Gasteiger partial charge in [-0.05, 0) is 36.4 Å². The van der Waals surface area contributed by atoms with Crippen LogP contribution in [0.2, 0.25) is 10.0 Å². The molecule has 0 saturated carbocycles. The van der Waals surface area contributed by atoms with E-state index in [4.69, 9.17) is 23.2 Å². The highest BCUT2D eigenvalue weighted by atomic mass is 35.5. The van der Waals surface area contributed by atoms with Crippen LogP contribution in [0.1, 0.15) is 20.7 Å². The quantitative estimate of drug-likeness (QED) is 0.583. The highest BCUT2D eigenvalue weighted by Gasteiger charge is 2.17. The van der Waals surface area contributed by atoms with Gasteiger partial charge in [-0.2, -0.15) is 4.79 Å². The van der Waals surface area contributed by atoms with Gasteiger partial charge in [-0.1, -0.05) is 35.3 Å². The minimum atomic E-state index is -1.55. The summed E-state index contributed by atoms with van der Waals surface area (Å²) >= 11 is 11.4. The molecule has 2 aromatic rings. The molecule has 0 atom stereocenters. The monoisotopic (exact) mass is 370 g/mol. The topological polar surface area (TPSA) is 88.1 Å². The number of hydrogen-bond donors (Lipinski definition) is 0. The van der Waals surface area contributed by atoms with E-state index in [0.717, 1.165) is 0 Å². The lowest BCUT2D eigenvalue weighted by molar-refractivity contribution is -0.267. The van der Waals surface area contributed by atoms with Crippen LogP contribution in [0.3, 0.4) is 0 Å². The number of hydrogen-bond acceptors (Lipinski definition) is 7. The van der Waals surface area contributed by atoms with Gasteiger partial charge in [-0.25, -0.2) is 29.1 Å². The van der Waals surface area contributed by atoms with Gasteiger partial charge in [-0.15, -0.1) is 0 Å². The van der Waals surface area contributed by atoms with Crippen LogP contribution in [0.25, 0.3) is 0 Å². The number of carbonyl (C=O) groups is 3. The Hall–Kier alpha value is -2.77. The van der Waals surface area contributed by atoms with E-state index in [1.807, 2.05) is 0 Å². The van der Waals surface area contributed by atoms with Gasteiger partial charge >= 0.3 is 18.1 Å². The summed E-state index contributed by atoms with van der Waals surface area (Å²) in [4.78, 5) is 50.9. The van der Waals surface area contributed by atoms with E-state index in [0.29, 0.717) is 10.0 Å². The third kappa shape index (κ3) is 5.15. The maximum absolute atomic E-state index is 11.6. The van der Waals surface area contributed by atoms with Crippen LogP contribution in [0.5, 0.6) is 0 Å². The Morgan fingerprint density at radius 2 is 1.08 bits per heavy atom. The van der Waals surface area contributed by atoms with Gasteiger partial charge < -0.3 is 0 Å². The zero-order chi connectivity index (χ0) is 17.5. The SMILES string of the molecule is O=C(OOC(=O)c1cccc(Cl)c1)OOC(=O)c1cccc(Cl)c1. The number of halogens is 2. The predicted molar refractivity (Wildman–Crippen MR) is 81.3 cm³/mol. The molecule has 2 rings (SSSR count). The Bertz CT molecular complexity index is 712. The summed E-state index contributed by atoms with van der Waals surface area (Å²) in [6.45, 7) is 0. The van der Waals surface area contributed by atoms with Crippen molar-refractivity contribution in [2.45, 2.75) is 0 Å². The molecule has 0 N–H and O–H groups in total. The van der Waals surface area contributed by atoms with Crippen molar-refractivity contribution in [3.63, 3.8) is 0 Å². The molecular weight excluding hydrogens is 363 g/mol. The van der Waals surface area contributed by atoms with Crippen LogP contribution in [0, 0.1) is 0 Å². The zero-order valence-electron chi connectivity index (χ0n) is 11.7. The summed E-state index contributed by atoms with van der Waals surface area (Å²) in [6.07, 6.45) is -1.55. The summed E-state index contributed by atoms with van der Waals surface area (Å²) < 4.78 is 0. The van der Waals surface area contributed by atoms with Gasteiger partial charge in [0.05, 0.1) is 11.1 Å². The van der Waals surface area contributed by atoms with E-state index in [1.54, 1.807) is 12.1 Å². The van der Waals surface area contributed by atoms with Crippen LogP contribution in [0.15, 0.2) is 48.5 Å². The lowest BCUT2D eigenvalue weighted by Crippen LogP contribution is -2.15. The smallest absolute Gasteiger partial charge is 0.242 e. The average molecular weight is 371 g/mol. The first-order valence-corrected chi connectivity index (χ1v) is 7.04. The van der Waals surface area contributed by atoms with E-state index >= 15 is 0 Å². The molecule has 0 aliphatic rings. The Labute approximate surface area is 145 Å². The van der Waals surface area contributed by atoms with E-state index < -0.39 is 18.1 Å². The second-order valence-corrected chi connectivity index (χ2v) is 5.05. The van der Waals surface area contributed by atoms with Crippen molar-refractivity contribution in [1.29, 1.82) is 0 Å². The lowest BCUT2D eigenvalue weighted by atomic mass is 10.2. The van der Waals surface area contributed by atoms with Crippen molar-refractivity contribution in [3.05, 3.63) is 69.7 Å². The Balaban J connectivity index is 1.79. The van der Waals surface area contributed by atoms with Crippen LogP contribution in [-0.4, -0.2) is 18.1 Å². The summed E-state index contributed by atoms with van der Waals surface area (Å²) in [7, 11) is 0. The Morgan fingerprint density at radius 3 is 1.46 bits per heavy atom. The van der Waals surface area contributed by atoms with Crippen LogP contribution in [-0.2, 0) is 19.6 Å². The summed E-state index contributed by atoms with van der Waals surface area (Å²) in [6, 6.07) is 11.5. The maximum atomic E-state index is 11.6. The number of carbonyl (C=O) groups excluding carboxylic acids is 3. The van der Waals surface area contributed by atoms with Gasteiger partial charge in [0.15, 0.2) is 0 Å². The van der Waals surface area contributed by atoms with Crippen molar-refractivity contribution < 1.29 is 33.9 Å². The average Bonchev–Trinajstić information content (AvgIpc) is 2.57. The minimum absolute atomic E-state index is 0.0474. The van der Waals surface area contributed by atoms with Gasteiger partial charge in [0, 0.05) is 10.0 Å². The second kappa shape index (κ2) is 8.19. The zero-order valence-corrected chi connectivity index (χ0v) is 13.2. The fourth-order valence-corrected chi connectivity index (χ4v) is 1.87. The molecule has 2 aromatic carbocycles. The molecule has 0 bridgehead atoms. The molecule has 0 aromatic heterocycles. The number of rotatable bonds is 2. The first kappa shape index (κ1) is 17.6. The van der Waals surface area contributed by atoms with Gasteiger partial charge in [0.25, 0.3) is 0 Å². The van der Waals surface area contributed by atoms with Crippen molar-refractivity contribution in [2.24, 2.45) is 0 Å². The predicted octanol–water partition coefficient (Wildman–Crippen LogP) is 3.99. The molecule has 0 aliphatic heterocycles. The highest BCUT2D eigenvalue weighted by molar-refractivity contribution is 6.31. The second-order valence-electron chi connectivity index (χ2n) is 4.18. The van der Waals surface area contributed by atoms with Crippen molar-refractivity contribution in [1.82, 2.24) is 0 Å². The molecule has 0 fully saturated rings. The Morgan fingerprint density at radius 1 is 0.667 bits per heavy atom. The first-order valence-electron chi connectivity index (χ1n) is 6.28. The molecule has 0 heterocycles. The van der Waals surface area contributed by atoms with Gasteiger partial charge in [0.2, 0.25) is 0 Å². The molecule has 0 radical (unpaired) electrons. The fraction of sp³-hybridized carbons (Fsp3) is 0. The summed E-state index contributed by atoms with van der Waals surface area (Å²) in [5, 5.41) is 0.588. The van der Waals surface area contributed by atoms with Crippen LogP contribution >= 0.6 is 23.2 Å².